The summed E-state index contributed by atoms with van der Waals surface area (Å²) in [6.07, 6.45) is 3.53. The molecule has 0 bridgehead atoms. The van der Waals surface area contributed by atoms with E-state index in [2.05, 4.69) is 116 Å². The molecule has 0 aliphatic heterocycles. The Hall–Kier alpha value is -3.90. The molecule has 0 spiro atoms. The van der Waals surface area contributed by atoms with Gasteiger partial charge in [0.2, 0.25) is 27.1 Å². The van der Waals surface area contributed by atoms with Crippen LogP contribution in [0.1, 0.15) is 199 Å². The van der Waals surface area contributed by atoms with Crippen molar-refractivity contribution < 1.29 is 23.7 Å². The molecule has 0 aliphatic carbocycles. The van der Waals surface area contributed by atoms with E-state index in [1.807, 2.05) is 128 Å². The minimum atomic E-state index is -0.163. The standard InChI is InChI=1S/C18H32N2O2S.2C17H30N2O2S.C16H28N2O2S.C15H26N2O2S/c1-6-9-20(10-7-2)11-13-22-12-8-19-15-14(18(3,4)5)16(21)17(15)23;1-7-19(8-2)10-12-21-11-9-18(6)14-13(17(3,4)5)15(20)16(14)22;1-6-9-19(7-2)10-12-21-11-8-18-14-13(17(3,4)5)15(20)16(14)22;1-7-17(5)8-10-20-11-9-18(6)13-12(16(2,3)4)14(19)15(13)21;1-15(2,3)11-12(14(20)13(11)18)17(6)8-10-19-9-7-16(4)5/h19H,6-13H2,1-5H3;7-12H2,1-6H3;18H,6-12H2,1-5H3;7-11H2,1-6H3;7-10H2,1-6H3. The molecule has 0 saturated heterocycles. The molecule has 0 fully saturated rings. The van der Waals surface area contributed by atoms with Crippen molar-refractivity contribution in [3.8, 4) is 0 Å². The van der Waals surface area contributed by atoms with Gasteiger partial charge in [0, 0.05) is 114 Å². The monoisotopic (exact) mass is 1600 g/mol. The second-order valence-electron chi connectivity index (χ2n) is 33.4. The second kappa shape index (κ2) is 49.7. The van der Waals surface area contributed by atoms with Gasteiger partial charge in [0.25, 0.3) is 0 Å². The fraction of sp³-hybridized carbons (Fsp3) is 0.759. The summed E-state index contributed by atoms with van der Waals surface area (Å²) in [5.41, 5.74) is 7.99. The lowest BCUT2D eigenvalue weighted by Crippen LogP contribution is -2.36. The summed E-state index contributed by atoms with van der Waals surface area (Å²) in [4.78, 5) is 77.2. The molecule has 25 heteroatoms. The third-order valence-electron chi connectivity index (χ3n) is 18.6. The molecule has 2 N–H and O–H groups in total. The molecule has 0 atom stereocenters. The zero-order valence-corrected chi connectivity index (χ0v) is 76.5. The maximum Gasteiger partial charge on any atom is 0.204 e. The third-order valence-corrected chi connectivity index (χ3v) is 20.6. The van der Waals surface area contributed by atoms with Gasteiger partial charge >= 0.3 is 0 Å². The van der Waals surface area contributed by atoms with E-state index in [0.717, 1.165) is 187 Å². The Labute approximate surface area is 678 Å². The van der Waals surface area contributed by atoms with Crippen LogP contribution in [0.25, 0.3) is 0 Å². The van der Waals surface area contributed by atoms with Crippen LogP contribution in [0, 0.1) is 22.6 Å². The summed E-state index contributed by atoms with van der Waals surface area (Å²) in [6.45, 7) is 68.7. The number of likely N-dealkylation sites (N-methyl/N-ethyl adjacent to an activating group) is 7. The van der Waals surface area contributed by atoms with E-state index in [1.54, 1.807) is 0 Å². The minimum absolute atomic E-state index is 0.0177. The Kier molecular flexibility index (Phi) is 47.0. The quantitative estimate of drug-likeness (QED) is 0.0277. The third kappa shape index (κ3) is 33.3. The minimum Gasteiger partial charge on any atom is -0.381 e. The molecule has 20 nitrogen and oxygen atoms in total. The molecule has 0 aromatic heterocycles. The average molecular weight is 1600 g/mol. The van der Waals surface area contributed by atoms with Gasteiger partial charge in [-0.2, -0.15) is 0 Å². The summed E-state index contributed by atoms with van der Waals surface area (Å²) in [6, 6.07) is 0. The van der Waals surface area contributed by atoms with E-state index in [9.17, 15) is 24.0 Å². The first-order chi connectivity index (χ1) is 50.2. The van der Waals surface area contributed by atoms with Gasteiger partial charge in [-0.05, 0) is 113 Å². The summed E-state index contributed by atoms with van der Waals surface area (Å²) in [5, 5.41) is 6.54. The van der Waals surface area contributed by atoms with Gasteiger partial charge < -0.3 is 73.5 Å². The van der Waals surface area contributed by atoms with Gasteiger partial charge in [0.15, 0.2) is 0 Å². The summed E-state index contributed by atoms with van der Waals surface area (Å²) >= 11 is 25.9. The van der Waals surface area contributed by atoms with E-state index < -0.39 is 0 Å². The van der Waals surface area contributed by atoms with Crippen molar-refractivity contribution in [2.24, 2.45) is 0 Å². The van der Waals surface area contributed by atoms with Crippen molar-refractivity contribution in [3.63, 3.8) is 0 Å². The smallest absolute Gasteiger partial charge is 0.204 e. The number of nitrogens with one attached hydrogen (secondary N) is 2. The lowest BCUT2D eigenvalue weighted by atomic mass is 9.82. The number of nitrogens with zero attached hydrogens (tertiary/aromatic N) is 8. The maximum atomic E-state index is 12.0. The predicted molar refractivity (Wildman–Crippen MR) is 473 cm³/mol. The van der Waals surface area contributed by atoms with Gasteiger partial charge in [-0.1, -0.05) is 213 Å². The molecule has 0 radical (unpaired) electrons. The van der Waals surface area contributed by atoms with Crippen molar-refractivity contribution in [3.05, 3.63) is 101 Å². The first kappa shape index (κ1) is 102. The average Bonchev–Trinajstić information content (AvgIpc) is 0.777. The largest absolute Gasteiger partial charge is 0.381 e. The molecule has 5 aromatic rings. The summed E-state index contributed by atoms with van der Waals surface area (Å²) < 4.78 is 30.6. The van der Waals surface area contributed by atoms with Gasteiger partial charge in [-0.15, -0.1) is 0 Å². The first-order valence-electron chi connectivity index (χ1n) is 39.4. The molecule has 0 aliphatic rings. The Morgan fingerprint density at radius 3 is 0.815 bits per heavy atom. The highest BCUT2D eigenvalue weighted by molar-refractivity contribution is 7.72. The van der Waals surface area contributed by atoms with Crippen molar-refractivity contribution in [1.29, 1.82) is 0 Å². The van der Waals surface area contributed by atoms with E-state index in [1.165, 1.54) is 19.3 Å². The van der Waals surface area contributed by atoms with E-state index in [4.69, 9.17) is 84.8 Å². The van der Waals surface area contributed by atoms with Crippen LogP contribution in [0.15, 0.2) is 24.0 Å². The van der Waals surface area contributed by atoms with E-state index in [-0.39, 0.29) is 54.2 Å². The highest BCUT2D eigenvalue weighted by atomic mass is 32.1. The number of anilines is 5. The highest BCUT2D eigenvalue weighted by Crippen LogP contribution is 2.36. The Balaban J connectivity index is 0.000000675. The van der Waals surface area contributed by atoms with Gasteiger partial charge in [-0.25, -0.2) is 0 Å². The topological polar surface area (TPSA) is 181 Å². The molecule has 108 heavy (non-hydrogen) atoms. The molecule has 0 unspecified atom stereocenters. The molecule has 618 valence electrons. The van der Waals surface area contributed by atoms with Crippen molar-refractivity contribution in [1.82, 2.24) is 24.5 Å². The van der Waals surface area contributed by atoms with Crippen LogP contribution in [0.5, 0.6) is 0 Å². The molecular weight excluding hydrogens is 1460 g/mol. The van der Waals surface area contributed by atoms with Crippen LogP contribution < -0.4 is 52.5 Å². The first-order valence-corrected chi connectivity index (χ1v) is 41.5. The molecule has 0 heterocycles. The van der Waals surface area contributed by atoms with Crippen LogP contribution in [0.2, 0.25) is 0 Å². The van der Waals surface area contributed by atoms with Crippen LogP contribution in [0.3, 0.4) is 0 Å². The summed E-state index contributed by atoms with van der Waals surface area (Å²) in [7, 11) is 12.0. The summed E-state index contributed by atoms with van der Waals surface area (Å²) in [5.74, 6) is 0. The van der Waals surface area contributed by atoms with Gasteiger partial charge in [-0.3, -0.25) is 24.0 Å². The van der Waals surface area contributed by atoms with Crippen molar-refractivity contribution in [2.45, 2.75) is 199 Å². The van der Waals surface area contributed by atoms with Crippen LogP contribution in [-0.2, 0) is 50.8 Å². The maximum absolute atomic E-state index is 12.0. The molecule has 5 rings (SSSR count). The lowest BCUT2D eigenvalue weighted by molar-refractivity contribution is 0.111. The molecular formula is C83H146N10O10S5. The number of ether oxygens (including phenoxy) is 5. The highest BCUT2D eigenvalue weighted by Gasteiger charge is 2.34. The van der Waals surface area contributed by atoms with Gasteiger partial charge in [0.1, 0.15) is 22.6 Å². The molecule has 5 aromatic carbocycles. The lowest BCUT2D eigenvalue weighted by Gasteiger charge is -2.30. The van der Waals surface area contributed by atoms with Gasteiger partial charge in [0.05, 0.1) is 94.5 Å². The van der Waals surface area contributed by atoms with Crippen LogP contribution in [0.4, 0.5) is 28.4 Å². The fourth-order valence-corrected chi connectivity index (χ4v) is 13.9. The predicted octanol–water partition coefficient (Wildman–Crippen LogP) is 13.7. The number of rotatable bonds is 45. The second-order valence-corrected chi connectivity index (χ2v) is 35.4. The van der Waals surface area contributed by atoms with Crippen molar-refractivity contribution in [2.75, 3.05) is 245 Å². The Morgan fingerprint density at radius 2 is 0.537 bits per heavy atom. The Morgan fingerprint density at radius 1 is 0.287 bits per heavy atom. The van der Waals surface area contributed by atoms with Crippen LogP contribution >= 0.6 is 61.1 Å². The Bertz CT molecular complexity index is 3770. The molecule has 0 saturated carbocycles. The van der Waals surface area contributed by atoms with E-state index >= 15 is 0 Å². The normalized spacial score (nSPS) is 12.3. The zero-order chi connectivity index (χ0) is 82.8. The van der Waals surface area contributed by atoms with E-state index in [0.29, 0.717) is 68.7 Å². The SMILES string of the molecule is CCCN(CC)CCOCCNc1c(C(C)(C)C)c(=O)c1=S.CCCN(CCC)CCOCCNc1c(C(C)(C)C)c(=O)c1=S.CCN(C)CCOCCN(C)c1c(C(C)(C)C)c(=O)c1=S.CCN(CC)CCOCCN(C)c1c(C(C)(C)C)c(=O)c1=S.CN(C)CCOCCN(C)c1c(C(C)(C)C)c(=O)c1=S. The fourth-order valence-electron chi connectivity index (χ4n) is 12.3. The number of hydrogen-bond acceptors (Lipinski definition) is 25. The zero-order valence-electron chi connectivity index (χ0n) is 72.4. The number of hydrogen-bond donors (Lipinski definition) is 2. The van der Waals surface area contributed by atoms with Crippen molar-refractivity contribution >= 4 is 89.5 Å². The molecule has 0 amide bonds. The van der Waals surface area contributed by atoms with Crippen LogP contribution in [-0.4, -0.2) is 244 Å².